The molecule has 6 atom stereocenters. The van der Waals surface area contributed by atoms with Gasteiger partial charge in [-0.05, 0) is 71.7 Å². The van der Waals surface area contributed by atoms with Crippen LogP contribution in [0.4, 0.5) is 11.4 Å². The zero-order valence-electron chi connectivity index (χ0n) is 21.2. The SMILES string of the molecule is CCOC(=O)[C@H]1[C@H]2C(=O)N([C@H](C)CO)C(C(=O)Nc3ccc(N(CC)CC)cc3)C23CC[C@]1(C)S3. The summed E-state index contributed by atoms with van der Waals surface area (Å²) >= 11 is 1.60. The number of amides is 2. The van der Waals surface area contributed by atoms with Gasteiger partial charge >= 0.3 is 5.97 Å². The Morgan fingerprint density at radius 1 is 1.23 bits per heavy atom. The van der Waals surface area contributed by atoms with Crippen molar-refractivity contribution >= 4 is 40.9 Å². The minimum absolute atomic E-state index is 0.238. The van der Waals surface area contributed by atoms with Gasteiger partial charge in [0.05, 0.1) is 35.8 Å². The molecule has 1 aromatic rings. The van der Waals surface area contributed by atoms with Gasteiger partial charge in [0, 0.05) is 29.2 Å². The van der Waals surface area contributed by atoms with Gasteiger partial charge < -0.3 is 25.0 Å². The van der Waals surface area contributed by atoms with E-state index in [4.69, 9.17) is 4.74 Å². The molecule has 8 nitrogen and oxygen atoms in total. The number of likely N-dealkylation sites (tertiary alicyclic amines) is 1. The Bertz CT molecular complexity index is 984. The molecule has 3 fully saturated rings. The number of carbonyl (C=O) groups is 3. The monoisotopic (exact) mass is 503 g/mol. The van der Waals surface area contributed by atoms with E-state index in [-0.39, 0.29) is 31.0 Å². The molecule has 4 rings (SSSR count). The summed E-state index contributed by atoms with van der Waals surface area (Å²) in [7, 11) is 0. The highest BCUT2D eigenvalue weighted by molar-refractivity contribution is 8.02. The lowest BCUT2D eigenvalue weighted by atomic mass is 9.66. The van der Waals surface area contributed by atoms with Gasteiger partial charge in [-0.15, -0.1) is 11.8 Å². The van der Waals surface area contributed by atoms with Crippen LogP contribution in [0, 0.1) is 11.8 Å². The molecule has 0 radical (unpaired) electrons. The van der Waals surface area contributed by atoms with E-state index in [1.165, 1.54) is 4.90 Å². The van der Waals surface area contributed by atoms with Crippen molar-refractivity contribution in [1.29, 1.82) is 0 Å². The first-order chi connectivity index (χ1) is 16.7. The van der Waals surface area contributed by atoms with E-state index in [1.54, 1.807) is 25.6 Å². The van der Waals surface area contributed by atoms with Crippen LogP contribution in [-0.2, 0) is 19.1 Å². The summed E-state index contributed by atoms with van der Waals surface area (Å²) in [5.41, 5.74) is 1.73. The maximum absolute atomic E-state index is 13.8. The molecule has 9 heteroatoms. The number of hydrogen-bond donors (Lipinski definition) is 2. The van der Waals surface area contributed by atoms with Crippen molar-refractivity contribution in [2.24, 2.45) is 11.8 Å². The molecule has 3 saturated heterocycles. The molecule has 0 aliphatic carbocycles. The zero-order chi connectivity index (χ0) is 25.5. The number of benzene rings is 1. The molecule has 1 spiro atoms. The lowest BCUT2D eigenvalue weighted by Gasteiger charge is -2.35. The Balaban J connectivity index is 1.67. The highest BCUT2D eigenvalue weighted by Gasteiger charge is 2.77. The number of carbonyl (C=O) groups excluding carboxylic acids is 3. The fraction of sp³-hybridized carbons (Fsp3) is 0.654. The molecular weight excluding hydrogens is 466 g/mol. The third-order valence-electron chi connectivity index (χ3n) is 8.01. The minimum atomic E-state index is -0.782. The second-order valence-electron chi connectivity index (χ2n) is 9.97. The second-order valence-corrected chi connectivity index (χ2v) is 11.9. The topological polar surface area (TPSA) is 99.2 Å². The Hall–Kier alpha value is -2.26. The van der Waals surface area contributed by atoms with E-state index in [0.717, 1.165) is 25.2 Å². The maximum Gasteiger partial charge on any atom is 0.311 e. The number of anilines is 2. The van der Waals surface area contributed by atoms with E-state index in [9.17, 15) is 19.5 Å². The number of aliphatic hydroxyl groups excluding tert-OH is 1. The first-order valence-electron chi connectivity index (χ1n) is 12.6. The van der Waals surface area contributed by atoms with E-state index in [0.29, 0.717) is 12.1 Å². The number of aliphatic hydroxyl groups is 1. The van der Waals surface area contributed by atoms with Crippen LogP contribution >= 0.6 is 11.8 Å². The number of nitrogens with zero attached hydrogens (tertiary/aromatic N) is 2. The molecule has 0 aromatic heterocycles. The van der Waals surface area contributed by atoms with Gasteiger partial charge in [0.15, 0.2) is 0 Å². The standard InChI is InChI=1S/C26H37N3O5S/c1-6-28(7-2)18-11-9-17(10-12-18)27-22(31)21-26-14-13-25(5,35-26)20(24(33)34-8-3)19(26)23(32)29(21)16(4)15-30/h9-12,16,19-21,30H,6-8,13-15H2,1-5H3,(H,27,31)/t16-,19+,20-,21?,25+,26?/m1/s1. The number of hydrogen-bond acceptors (Lipinski definition) is 7. The Kier molecular flexibility index (Phi) is 7.12. The van der Waals surface area contributed by atoms with Crippen molar-refractivity contribution in [3.63, 3.8) is 0 Å². The molecule has 2 amide bonds. The Labute approximate surface area is 211 Å². The lowest BCUT2D eigenvalue weighted by molar-refractivity contribution is -0.155. The number of thioether (sulfide) groups is 1. The summed E-state index contributed by atoms with van der Waals surface area (Å²) in [6, 6.07) is 6.38. The van der Waals surface area contributed by atoms with Crippen LogP contribution in [0.15, 0.2) is 24.3 Å². The van der Waals surface area contributed by atoms with E-state index in [1.807, 2.05) is 31.2 Å². The van der Waals surface area contributed by atoms with Gasteiger partial charge in [-0.25, -0.2) is 0 Å². The first-order valence-corrected chi connectivity index (χ1v) is 13.4. The predicted octanol–water partition coefficient (Wildman–Crippen LogP) is 2.90. The average Bonchev–Trinajstić information content (AvgIpc) is 3.41. The largest absolute Gasteiger partial charge is 0.466 e. The fourth-order valence-electron chi connectivity index (χ4n) is 6.37. The van der Waals surface area contributed by atoms with Crippen molar-refractivity contribution in [2.45, 2.75) is 69.0 Å². The second kappa shape index (κ2) is 9.65. The Morgan fingerprint density at radius 3 is 2.46 bits per heavy atom. The molecule has 2 unspecified atom stereocenters. The van der Waals surface area contributed by atoms with Crippen LogP contribution in [-0.4, -0.2) is 75.7 Å². The summed E-state index contributed by atoms with van der Waals surface area (Å²) in [6.45, 7) is 11.5. The summed E-state index contributed by atoms with van der Waals surface area (Å²) in [5, 5.41) is 13.0. The maximum atomic E-state index is 13.8. The zero-order valence-corrected chi connectivity index (χ0v) is 22.1. The summed E-state index contributed by atoms with van der Waals surface area (Å²) in [4.78, 5) is 44.4. The van der Waals surface area contributed by atoms with Crippen molar-refractivity contribution in [3.8, 4) is 0 Å². The average molecular weight is 504 g/mol. The van der Waals surface area contributed by atoms with Crippen LogP contribution in [0.1, 0.15) is 47.5 Å². The van der Waals surface area contributed by atoms with Crippen molar-refractivity contribution in [1.82, 2.24) is 4.90 Å². The predicted molar refractivity (Wildman–Crippen MR) is 137 cm³/mol. The normalized spacial score (nSPS) is 31.9. The minimum Gasteiger partial charge on any atom is -0.466 e. The van der Waals surface area contributed by atoms with Gasteiger partial charge in [0.25, 0.3) is 0 Å². The lowest BCUT2D eigenvalue weighted by Crippen LogP contribution is -2.54. The van der Waals surface area contributed by atoms with Crippen LogP contribution in [0.25, 0.3) is 0 Å². The molecule has 0 saturated carbocycles. The molecule has 192 valence electrons. The first kappa shape index (κ1) is 25.8. The quantitative estimate of drug-likeness (QED) is 0.500. The van der Waals surface area contributed by atoms with Crippen LogP contribution in [0.3, 0.4) is 0 Å². The smallest absolute Gasteiger partial charge is 0.311 e. The molecule has 1 aromatic carbocycles. The molecule has 35 heavy (non-hydrogen) atoms. The van der Waals surface area contributed by atoms with Gasteiger partial charge in [-0.1, -0.05) is 0 Å². The van der Waals surface area contributed by atoms with E-state index < -0.39 is 33.4 Å². The molecule has 2 N–H and O–H groups in total. The molecule has 2 bridgehead atoms. The molecule has 3 heterocycles. The van der Waals surface area contributed by atoms with E-state index >= 15 is 0 Å². The summed E-state index contributed by atoms with van der Waals surface area (Å²) in [5.74, 6) is -2.13. The van der Waals surface area contributed by atoms with Crippen molar-refractivity contribution in [3.05, 3.63) is 24.3 Å². The van der Waals surface area contributed by atoms with Crippen LogP contribution < -0.4 is 10.2 Å². The van der Waals surface area contributed by atoms with Gasteiger partial charge in [0.1, 0.15) is 6.04 Å². The summed E-state index contributed by atoms with van der Waals surface area (Å²) < 4.78 is 4.20. The highest BCUT2D eigenvalue weighted by Crippen LogP contribution is 2.71. The fourth-order valence-corrected chi connectivity index (χ4v) is 8.70. The van der Waals surface area contributed by atoms with Crippen molar-refractivity contribution < 1.29 is 24.2 Å². The molecular formula is C26H37N3O5S. The molecule has 3 aliphatic rings. The number of rotatable bonds is 9. The highest BCUT2D eigenvalue weighted by atomic mass is 32.2. The molecule has 3 aliphatic heterocycles. The third kappa shape index (κ3) is 4.00. The van der Waals surface area contributed by atoms with Crippen LogP contribution in [0.2, 0.25) is 0 Å². The Morgan fingerprint density at radius 2 is 1.89 bits per heavy atom. The van der Waals surface area contributed by atoms with E-state index in [2.05, 4.69) is 24.1 Å². The number of ether oxygens (including phenoxy) is 1. The van der Waals surface area contributed by atoms with Gasteiger partial charge in [-0.3, -0.25) is 14.4 Å². The number of esters is 1. The van der Waals surface area contributed by atoms with Gasteiger partial charge in [0.2, 0.25) is 11.8 Å². The van der Waals surface area contributed by atoms with Crippen molar-refractivity contribution in [2.75, 3.05) is 36.5 Å². The van der Waals surface area contributed by atoms with Gasteiger partial charge in [-0.2, -0.15) is 0 Å². The number of nitrogens with one attached hydrogen (secondary N) is 1. The summed E-state index contributed by atoms with van der Waals surface area (Å²) in [6.07, 6.45) is 1.39. The third-order valence-corrected chi connectivity index (χ3v) is 9.99. The number of fused-ring (bicyclic) bond motifs is 1. The van der Waals surface area contributed by atoms with Crippen LogP contribution in [0.5, 0.6) is 0 Å².